The van der Waals surface area contributed by atoms with Crippen LogP contribution in [0.4, 0.5) is 27.9 Å². The standard InChI is InChI=1S/C20H18F5N7O2/c1-30(9-20(23,24)25)14(33)8-32-13-4-2-3-11(21)15(13)16(29-32)10-6-31(7-10)18(34)17-12(22)5-27-19(26)28-17/h2-5,10H,6-9H2,1H3,(H2,26,27,28). The van der Waals surface area contributed by atoms with Crippen molar-refractivity contribution in [1.29, 1.82) is 0 Å². The average molecular weight is 483 g/mol. The number of nitrogens with zero attached hydrogens (tertiary/aromatic N) is 6. The molecule has 2 N–H and O–H groups in total. The fraction of sp³-hybridized carbons (Fsp3) is 0.350. The molecule has 34 heavy (non-hydrogen) atoms. The van der Waals surface area contributed by atoms with E-state index in [0.717, 1.165) is 17.9 Å². The molecule has 1 aliphatic heterocycles. The smallest absolute Gasteiger partial charge is 0.368 e. The van der Waals surface area contributed by atoms with E-state index in [1.54, 1.807) is 0 Å². The van der Waals surface area contributed by atoms with Crippen molar-refractivity contribution >= 4 is 28.7 Å². The molecule has 1 saturated heterocycles. The van der Waals surface area contributed by atoms with Gasteiger partial charge in [0.1, 0.15) is 18.9 Å². The molecule has 0 unspecified atom stereocenters. The summed E-state index contributed by atoms with van der Waals surface area (Å²) in [6, 6.07) is 4.07. The molecule has 3 aromatic rings. The second-order valence-electron chi connectivity index (χ2n) is 7.87. The summed E-state index contributed by atoms with van der Waals surface area (Å²) in [5, 5.41) is 4.38. The lowest BCUT2D eigenvalue weighted by molar-refractivity contribution is -0.158. The Morgan fingerprint density at radius 3 is 2.59 bits per heavy atom. The first-order chi connectivity index (χ1) is 15.9. The Bertz CT molecular complexity index is 1270. The number of rotatable bonds is 5. The molecule has 4 rings (SSSR count). The summed E-state index contributed by atoms with van der Waals surface area (Å²) in [6.07, 6.45) is -3.78. The zero-order valence-corrected chi connectivity index (χ0v) is 17.7. The van der Waals surface area contributed by atoms with Crippen LogP contribution in [0.3, 0.4) is 0 Å². The molecule has 9 nitrogen and oxygen atoms in total. The normalized spacial score (nSPS) is 14.4. The Balaban J connectivity index is 1.56. The first-order valence-corrected chi connectivity index (χ1v) is 9.97. The summed E-state index contributed by atoms with van der Waals surface area (Å²) in [5.41, 5.74) is 5.38. The van der Waals surface area contributed by atoms with Crippen LogP contribution in [0.2, 0.25) is 0 Å². The highest BCUT2D eigenvalue weighted by Crippen LogP contribution is 2.34. The molecule has 2 aromatic heterocycles. The number of hydrogen-bond donors (Lipinski definition) is 1. The number of fused-ring (bicyclic) bond motifs is 1. The third kappa shape index (κ3) is 4.47. The molecule has 1 aromatic carbocycles. The third-order valence-corrected chi connectivity index (χ3v) is 5.40. The van der Waals surface area contributed by atoms with Gasteiger partial charge < -0.3 is 15.5 Å². The van der Waals surface area contributed by atoms with Crippen molar-refractivity contribution in [3.8, 4) is 0 Å². The highest BCUT2D eigenvalue weighted by molar-refractivity contribution is 5.94. The SMILES string of the molecule is CN(CC(F)(F)F)C(=O)Cn1nc(C2CN(C(=O)c3nc(N)ncc3F)C2)c2c(F)cccc21. The van der Waals surface area contributed by atoms with E-state index in [4.69, 9.17) is 5.73 Å². The van der Waals surface area contributed by atoms with Crippen molar-refractivity contribution in [2.45, 2.75) is 18.6 Å². The zero-order chi connectivity index (χ0) is 24.8. The number of amides is 2. The monoisotopic (exact) mass is 483 g/mol. The zero-order valence-electron chi connectivity index (χ0n) is 17.7. The summed E-state index contributed by atoms with van der Waals surface area (Å²) in [4.78, 5) is 33.7. The number of alkyl halides is 3. The number of carbonyl (C=O) groups is 2. The highest BCUT2D eigenvalue weighted by atomic mass is 19.4. The number of likely N-dealkylation sites (N-methyl/N-ethyl adjacent to an activating group) is 1. The number of hydrogen-bond acceptors (Lipinski definition) is 6. The quantitative estimate of drug-likeness (QED) is 0.556. The Labute approximate surface area is 189 Å². The van der Waals surface area contributed by atoms with Crippen molar-refractivity contribution in [2.75, 3.05) is 32.4 Å². The number of halogens is 5. The molecule has 0 bridgehead atoms. The van der Waals surface area contributed by atoms with Crippen LogP contribution < -0.4 is 5.73 Å². The number of carbonyl (C=O) groups excluding carboxylic acids is 2. The number of nitrogen functional groups attached to an aromatic ring is 1. The lowest BCUT2D eigenvalue weighted by Crippen LogP contribution is -2.49. The topological polar surface area (TPSA) is 110 Å². The minimum absolute atomic E-state index is 0.0601. The number of benzene rings is 1. The summed E-state index contributed by atoms with van der Waals surface area (Å²) >= 11 is 0. The molecule has 0 aliphatic carbocycles. The number of aromatic nitrogens is 4. The number of anilines is 1. The van der Waals surface area contributed by atoms with Gasteiger partial charge in [-0.3, -0.25) is 14.3 Å². The van der Waals surface area contributed by atoms with Crippen LogP contribution in [0.25, 0.3) is 10.9 Å². The van der Waals surface area contributed by atoms with Gasteiger partial charge in [-0.15, -0.1) is 0 Å². The lowest BCUT2D eigenvalue weighted by atomic mass is 9.93. The van der Waals surface area contributed by atoms with Gasteiger partial charge in [-0.2, -0.15) is 18.3 Å². The van der Waals surface area contributed by atoms with Crippen molar-refractivity contribution in [3.05, 3.63) is 47.4 Å². The molecule has 2 amide bonds. The first-order valence-electron chi connectivity index (χ1n) is 9.97. The van der Waals surface area contributed by atoms with E-state index in [1.165, 1.54) is 23.1 Å². The minimum atomic E-state index is -4.57. The van der Waals surface area contributed by atoms with E-state index in [2.05, 4.69) is 15.1 Å². The van der Waals surface area contributed by atoms with Gasteiger partial charge in [0.25, 0.3) is 5.91 Å². The molecule has 0 spiro atoms. The van der Waals surface area contributed by atoms with Crippen LogP contribution in [0, 0.1) is 11.6 Å². The van der Waals surface area contributed by atoms with E-state index in [9.17, 15) is 31.5 Å². The van der Waals surface area contributed by atoms with Gasteiger partial charge in [0.2, 0.25) is 11.9 Å². The van der Waals surface area contributed by atoms with Gasteiger partial charge in [0.05, 0.1) is 22.8 Å². The van der Waals surface area contributed by atoms with Crippen molar-refractivity contribution in [3.63, 3.8) is 0 Å². The average Bonchev–Trinajstić information content (AvgIpc) is 3.06. The van der Waals surface area contributed by atoms with E-state index < -0.39 is 54.3 Å². The maximum absolute atomic E-state index is 14.7. The van der Waals surface area contributed by atoms with E-state index in [1.807, 2.05) is 0 Å². The first kappa shape index (κ1) is 23.3. The summed E-state index contributed by atoms with van der Waals surface area (Å²) < 4.78 is 67.5. The molecule has 3 heterocycles. The van der Waals surface area contributed by atoms with Crippen LogP contribution in [0.1, 0.15) is 22.1 Å². The fourth-order valence-electron chi connectivity index (χ4n) is 3.73. The van der Waals surface area contributed by atoms with Crippen LogP contribution in [0.5, 0.6) is 0 Å². The molecular formula is C20H18F5N7O2. The largest absolute Gasteiger partial charge is 0.406 e. The molecule has 1 aliphatic rings. The molecule has 14 heteroatoms. The van der Waals surface area contributed by atoms with Gasteiger partial charge >= 0.3 is 6.18 Å². The Kier molecular flexibility index (Phi) is 5.83. The van der Waals surface area contributed by atoms with Crippen LogP contribution in [-0.4, -0.2) is 74.2 Å². The van der Waals surface area contributed by atoms with Gasteiger partial charge in [-0.05, 0) is 12.1 Å². The molecule has 0 saturated carbocycles. The fourth-order valence-corrected chi connectivity index (χ4v) is 3.73. The van der Waals surface area contributed by atoms with Crippen molar-refractivity contribution < 1.29 is 31.5 Å². The number of likely N-dealkylation sites (tertiary alicyclic amines) is 1. The Morgan fingerprint density at radius 2 is 1.91 bits per heavy atom. The second-order valence-corrected chi connectivity index (χ2v) is 7.87. The molecule has 180 valence electrons. The predicted molar refractivity (Wildman–Crippen MR) is 108 cm³/mol. The predicted octanol–water partition coefficient (Wildman–Crippen LogP) is 1.95. The maximum Gasteiger partial charge on any atom is 0.406 e. The number of nitrogens with two attached hydrogens (primary N) is 1. The van der Waals surface area contributed by atoms with E-state index in [-0.39, 0.29) is 35.6 Å². The Morgan fingerprint density at radius 1 is 1.21 bits per heavy atom. The molecule has 1 fully saturated rings. The molecule has 0 radical (unpaired) electrons. The van der Waals surface area contributed by atoms with E-state index in [0.29, 0.717) is 4.90 Å². The summed E-state index contributed by atoms with van der Waals surface area (Å²) in [6.45, 7) is -1.85. The maximum atomic E-state index is 14.7. The van der Waals surface area contributed by atoms with Crippen molar-refractivity contribution in [1.82, 2.24) is 29.5 Å². The lowest BCUT2D eigenvalue weighted by Gasteiger charge is -2.38. The second kappa shape index (κ2) is 8.50. The van der Waals surface area contributed by atoms with Crippen molar-refractivity contribution in [2.24, 2.45) is 0 Å². The van der Waals surface area contributed by atoms with Gasteiger partial charge in [-0.25, -0.2) is 18.7 Å². The molecular weight excluding hydrogens is 465 g/mol. The third-order valence-electron chi connectivity index (χ3n) is 5.40. The molecule has 0 atom stereocenters. The van der Waals surface area contributed by atoms with Crippen LogP contribution in [-0.2, 0) is 11.3 Å². The van der Waals surface area contributed by atoms with Crippen LogP contribution in [0.15, 0.2) is 24.4 Å². The highest BCUT2D eigenvalue weighted by Gasteiger charge is 2.38. The van der Waals surface area contributed by atoms with Gasteiger partial charge in [0.15, 0.2) is 11.5 Å². The van der Waals surface area contributed by atoms with Crippen LogP contribution >= 0.6 is 0 Å². The summed E-state index contributed by atoms with van der Waals surface area (Å²) in [7, 11) is 1.01. The Hall–Kier alpha value is -3.84. The summed E-state index contributed by atoms with van der Waals surface area (Å²) in [5.74, 6) is -3.88. The van der Waals surface area contributed by atoms with Gasteiger partial charge in [0, 0.05) is 26.1 Å². The van der Waals surface area contributed by atoms with E-state index >= 15 is 0 Å². The van der Waals surface area contributed by atoms with Gasteiger partial charge in [-0.1, -0.05) is 6.07 Å². The minimum Gasteiger partial charge on any atom is -0.368 e.